The van der Waals surface area contributed by atoms with Crippen molar-refractivity contribution in [3.63, 3.8) is 0 Å². The molecule has 174 valence electrons. The number of aromatic nitrogens is 2. The van der Waals surface area contributed by atoms with E-state index in [1.165, 1.54) is 12.1 Å². The van der Waals surface area contributed by atoms with Gasteiger partial charge in [-0.1, -0.05) is 11.6 Å². The first-order chi connectivity index (χ1) is 16.0. The Morgan fingerprint density at radius 3 is 2.73 bits per heavy atom. The lowest BCUT2D eigenvalue weighted by atomic mass is 10.1. The Bertz CT molecular complexity index is 1120. The molecule has 3 N–H and O–H groups in total. The van der Waals surface area contributed by atoms with E-state index >= 15 is 0 Å². The summed E-state index contributed by atoms with van der Waals surface area (Å²) in [5, 5.41) is 13.1. The van der Waals surface area contributed by atoms with Crippen molar-refractivity contribution >= 4 is 29.0 Å². The lowest BCUT2D eigenvalue weighted by Crippen LogP contribution is -2.44. The number of hydrogen-bond donors (Lipinski definition) is 3. The molecule has 0 bridgehead atoms. The molecule has 8 nitrogen and oxygen atoms in total. The van der Waals surface area contributed by atoms with E-state index in [0.29, 0.717) is 18.0 Å². The van der Waals surface area contributed by atoms with Gasteiger partial charge in [0.2, 0.25) is 0 Å². The quantitative estimate of drug-likeness (QED) is 0.487. The number of nitrogens with zero attached hydrogens (tertiary/aromatic N) is 3. The van der Waals surface area contributed by atoms with Crippen LogP contribution in [0.5, 0.6) is 5.75 Å². The molecule has 0 atom stereocenters. The Labute approximate surface area is 196 Å². The Balaban J connectivity index is 1.47. The van der Waals surface area contributed by atoms with Crippen LogP contribution in [0.15, 0.2) is 48.7 Å². The Morgan fingerprint density at radius 2 is 2.00 bits per heavy atom. The van der Waals surface area contributed by atoms with Crippen LogP contribution in [0.4, 0.5) is 20.6 Å². The zero-order chi connectivity index (χ0) is 23.2. The molecule has 1 aliphatic rings. The number of amides is 2. The Hall–Kier alpha value is -3.14. The molecule has 0 saturated carbocycles. The number of benzene rings is 2. The molecular weight excluding hydrogens is 447 g/mol. The lowest BCUT2D eigenvalue weighted by Gasteiger charge is -2.27. The Morgan fingerprint density at radius 1 is 1.18 bits per heavy atom. The van der Waals surface area contributed by atoms with E-state index in [-0.39, 0.29) is 10.7 Å². The maximum Gasteiger partial charge on any atom is 0.323 e. The van der Waals surface area contributed by atoms with Gasteiger partial charge in [-0.3, -0.25) is 9.58 Å². The van der Waals surface area contributed by atoms with Crippen molar-refractivity contribution in [1.29, 1.82) is 0 Å². The third-order valence-corrected chi connectivity index (χ3v) is 5.62. The van der Waals surface area contributed by atoms with Crippen LogP contribution in [0.2, 0.25) is 5.02 Å². The minimum atomic E-state index is -0.610. The van der Waals surface area contributed by atoms with E-state index in [0.717, 1.165) is 50.0 Å². The summed E-state index contributed by atoms with van der Waals surface area (Å²) in [6, 6.07) is 10.8. The molecule has 0 aliphatic carbocycles. The van der Waals surface area contributed by atoms with Gasteiger partial charge in [0.15, 0.2) is 0 Å². The summed E-state index contributed by atoms with van der Waals surface area (Å²) in [7, 11) is 1.84. The second-order valence-corrected chi connectivity index (χ2v) is 8.13. The van der Waals surface area contributed by atoms with Gasteiger partial charge in [-0.15, -0.1) is 0 Å². The van der Waals surface area contributed by atoms with E-state index in [1.807, 2.05) is 25.2 Å². The number of halogens is 2. The van der Waals surface area contributed by atoms with Crippen LogP contribution in [0, 0.1) is 5.82 Å². The zero-order valence-electron chi connectivity index (χ0n) is 18.3. The van der Waals surface area contributed by atoms with Gasteiger partial charge in [-0.2, -0.15) is 5.10 Å². The average Bonchev–Trinajstić information content (AvgIpc) is 3.23. The smallest absolute Gasteiger partial charge is 0.323 e. The molecule has 3 aromatic rings. The minimum Gasteiger partial charge on any atom is -0.492 e. The van der Waals surface area contributed by atoms with Crippen molar-refractivity contribution in [3.8, 4) is 17.0 Å². The van der Waals surface area contributed by atoms with Crippen molar-refractivity contribution in [1.82, 2.24) is 20.0 Å². The fourth-order valence-electron chi connectivity index (χ4n) is 3.67. The zero-order valence-corrected chi connectivity index (χ0v) is 19.0. The summed E-state index contributed by atoms with van der Waals surface area (Å²) >= 11 is 5.76. The van der Waals surface area contributed by atoms with E-state index in [2.05, 4.69) is 25.9 Å². The standard InChI is InChI=1S/C23H26ClFN6O2/c1-30-21(6-7-27-30)18-15-17(28-23(32)29-20-4-2-16(24)14-19(20)25)3-5-22(18)33-13-12-31-10-8-26-9-11-31/h2-7,14-15,26H,8-13H2,1H3,(H2,28,29,32). The van der Waals surface area contributed by atoms with Gasteiger partial charge in [0.1, 0.15) is 18.2 Å². The highest BCUT2D eigenvalue weighted by molar-refractivity contribution is 6.30. The van der Waals surface area contributed by atoms with Crippen LogP contribution in [-0.2, 0) is 7.05 Å². The summed E-state index contributed by atoms with van der Waals surface area (Å²) < 4.78 is 21.8. The maximum absolute atomic E-state index is 14.0. The maximum atomic E-state index is 14.0. The highest BCUT2D eigenvalue weighted by Crippen LogP contribution is 2.32. The summed E-state index contributed by atoms with van der Waals surface area (Å²) in [5.41, 5.74) is 2.22. The monoisotopic (exact) mass is 472 g/mol. The first-order valence-corrected chi connectivity index (χ1v) is 11.1. The van der Waals surface area contributed by atoms with Crippen molar-refractivity contribution in [2.75, 3.05) is 50.0 Å². The second kappa shape index (κ2) is 10.7. The second-order valence-electron chi connectivity index (χ2n) is 7.69. The lowest BCUT2D eigenvalue weighted by molar-refractivity contribution is 0.191. The SMILES string of the molecule is Cn1nccc1-c1cc(NC(=O)Nc2ccc(Cl)cc2F)ccc1OCCN1CCNCC1. The topological polar surface area (TPSA) is 83.5 Å². The van der Waals surface area contributed by atoms with E-state index < -0.39 is 11.8 Å². The van der Waals surface area contributed by atoms with Crippen molar-refractivity contribution in [2.45, 2.75) is 0 Å². The predicted octanol–water partition coefficient (Wildman–Crippen LogP) is 3.81. The Kier molecular flexibility index (Phi) is 7.43. The number of hydrogen-bond acceptors (Lipinski definition) is 5. The fourth-order valence-corrected chi connectivity index (χ4v) is 3.83. The first kappa shape index (κ1) is 23.0. The molecule has 33 heavy (non-hydrogen) atoms. The molecule has 1 aromatic heterocycles. The summed E-state index contributed by atoms with van der Waals surface area (Å²) in [6.45, 7) is 5.37. The molecule has 0 radical (unpaired) electrons. The van der Waals surface area contributed by atoms with Crippen molar-refractivity contribution in [3.05, 3.63) is 59.5 Å². The minimum absolute atomic E-state index is 0.0385. The molecular formula is C23H26ClFN6O2. The molecule has 4 rings (SSSR count). The van der Waals surface area contributed by atoms with Crippen molar-refractivity contribution < 1.29 is 13.9 Å². The van der Waals surface area contributed by atoms with Gasteiger partial charge in [-0.25, -0.2) is 9.18 Å². The number of piperazine rings is 1. The highest BCUT2D eigenvalue weighted by Gasteiger charge is 2.15. The van der Waals surface area contributed by atoms with Gasteiger partial charge in [0.05, 0.1) is 11.4 Å². The highest BCUT2D eigenvalue weighted by atomic mass is 35.5. The number of anilines is 2. The van der Waals surface area contributed by atoms with Gasteiger partial charge in [0, 0.05) is 62.2 Å². The normalized spacial score (nSPS) is 14.2. The van der Waals surface area contributed by atoms with Crippen LogP contribution >= 0.6 is 11.6 Å². The number of ether oxygens (including phenoxy) is 1. The van der Waals surface area contributed by atoms with Gasteiger partial charge in [0.25, 0.3) is 0 Å². The predicted molar refractivity (Wildman–Crippen MR) is 128 cm³/mol. The number of nitrogens with one attached hydrogen (secondary N) is 3. The number of aryl methyl sites for hydroxylation is 1. The van der Waals surface area contributed by atoms with E-state index in [4.69, 9.17) is 16.3 Å². The third kappa shape index (κ3) is 6.01. The summed E-state index contributed by atoms with van der Waals surface area (Å²) in [5.74, 6) is 0.0879. The van der Waals surface area contributed by atoms with Gasteiger partial charge in [-0.05, 0) is 42.5 Å². The van der Waals surface area contributed by atoms with Gasteiger partial charge < -0.3 is 20.7 Å². The van der Waals surface area contributed by atoms with Crippen LogP contribution in [0.25, 0.3) is 11.3 Å². The van der Waals surface area contributed by atoms with E-state index in [1.54, 1.807) is 16.9 Å². The number of carbonyl (C=O) groups is 1. The van der Waals surface area contributed by atoms with Crippen LogP contribution in [-0.4, -0.2) is 60.0 Å². The molecule has 0 spiro atoms. The summed E-state index contributed by atoms with van der Waals surface area (Å²) in [4.78, 5) is 14.8. The molecule has 2 heterocycles. The van der Waals surface area contributed by atoms with Crippen molar-refractivity contribution in [2.24, 2.45) is 7.05 Å². The molecule has 10 heteroatoms. The fraction of sp³-hybridized carbons (Fsp3) is 0.304. The van der Waals surface area contributed by atoms with E-state index in [9.17, 15) is 9.18 Å². The number of urea groups is 1. The first-order valence-electron chi connectivity index (χ1n) is 10.7. The molecule has 1 saturated heterocycles. The van der Waals surface area contributed by atoms with Gasteiger partial charge >= 0.3 is 6.03 Å². The van der Waals surface area contributed by atoms with Crippen LogP contribution in [0.3, 0.4) is 0 Å². The molecule has 1 aliphatic heterocycles. The molecule has 2 amide bonds. The summed E-state index contributed by atoms with van der Waals surface area (Å²) in [6.07, 6.45) is 1.70. The van der Waals surface area contributed by atoms with Crippen LogP contribution in [0.1, 0.15) is 0 Å². The average molecular weight is 473 g/mol. The number of rotatable bonds is 7. The molecule has 2 aromatic carbocycles. The largest absolute Gasteiger partial charge is 0.492 e. The molecule has 1 fully saturated rings. The number of carbonyl (C=O) groups excluding carboxylic acids is 1. The van der Waals surface area contributed by atoms with Crippen LogP contribution < -0.4 is 20.7 Å². The molecule has 0 unspecified atom stereocenters. The third-order valence-electron chi connectivity index (χ3n) is 5.39.